The van der Waals surface area contributed by atoms with Crippen LogP contribution in [0.4, 0.5) is 4.79 Å². The topological polar surface area (TPSA) is 108 Å². The Bertz CT molecular complexity index is 1080. The molecule has 0 aromatic heterocycles. The van der Waals surface area contributed by atoms with Crippen LogP contribution in [0.15, 0.2) is 30.3 Å². The predicted molar refractivity (Wildman–Crippen MR) is 146 cm³/mol. The molecule has 0 radical (unpaired) electrons. The van der Waals surface area contributed by atoms with Crippen molar-refractivity contribution in [2.45, 2.75) is 111 Å². The van der Waals surface area contributed by atoms with Crippen LogP contribution >= 0.6 is 0 Å². The molecule has 9 heteroatoms. The van der Waals surface area contributed by atoms with Gasteiger partial charge in [-0.3, -0.25) is 14.4 Å². The molecule has 4 rings (SSSR count). The van der Waals surface area contributed by atoms with Gasteiger partial charge in [-0.2, -0.15) is 0 Å². The Morgan fingerprint density at radius 1 is 0.925 bits per heavy atom. The Morgan fingerprint density at radius 3 is 2.12 bits per heavy atom. The monoisotopic (exact) mass is 557 g/mol. The van der Waals surface area contributed by atoms with Gasteiger partial charge in [0.2, 0.25) is 12.2 Å². The van der Waals surface area contributed by atoms with Gasteiger partial charge >= 0.3 is 18.0 Å². The minimum Gasteiger partial charge on any atom is -0.455 e. The normalized spacial score (nSPS) is 26.4. The van der Waals surface area contributed by atoms with E-state index in [0.717, 1.165) is 36.1 Å². The first-order chi connectivity index (χ1) is 18.8. The summed E-state index contributed by atoms with van der Waals surface area (Å²) >= 11 is 0. The molecule has 1 aromatic carbocycles. The zero-order valence-electron chi connectivity index (χ0n) is 24.5. The van der Waals surface area contributed by atoms with Crippen LogP contribution in [0.1, 0.15) is 91.5 Å². The fourth-order valence-corrected chi connectivity index (χ4v) is 5.62. The summed E-state index contributed by atoms with van der Waals surface area (Å²) in [6, 6.07) is 8.83. The number of carbonyl (C=O) groups is 4. The highest BCUT2D eigenvalue weighted by Gasteiger charge is 2.58. The number of benzene rings is 1. The molecule has 2 aliphatic heterocycles. The third kappa shape index (κ3) is 6.67. The largest absolute Gasteiger partial charge is 0.455 e. The number of imide groups is 1. The molecule has 2 saturated heterocycles. The minimum atomic E-state index is -1.14. The van der Waals surface area contributed by atoms with Crippen molar-refractivity contribution in [2.24, 2.45) is 16.7 Å². The van der Waals surface area contributed by atoms with E-state index in [4.69, 9.17) is 18.9 Å². The number of fused-ring (bicyclic) bond motifs is 1. The molecule has 5 atom stereocenters. The highest BCUT2D eigenvalue weighted by atomic mass is 16.7. The first kappa shape index (κ1) is 30.0. The van der Waals surface area contributed by atoms with Gasteiger partial charge in [0.1, 0.15) is 6.04 Å². The van der Waals surface area contributed by atoms with Gasteiger partial charge in [0, 0.05) is 6.42 Å². The smallest absolute Gasteiger partial charge is 0.419 e. The number of ether oxygens (including phenoxy) is 4. The Balaban J connectivity index is 1.64. The molecule has 3 aliphatic rings. The molecule has 2 heterocycles. The molecule has 1 aromatic rings. The molecule has 0 bridgehead atoms. The van der Waals surface area contributed by atoms with Gasteiger partial charge < -0.3 is 18.9 Å². The van der Waals surface area contributed by atoms with Crippen LogP contribution in [0.5, 0.6) is 0 Å². The van der Waals surface area contributed by atoms with Gasteiger partial charge in [-0.15, -0.1) is 0 Å². The highest BCUT2D eigenvalue weighted by molar-refractivity contribution is 5.94. The third-order valence-electron chi connectivity index (χ3n) is 7.95. The van der Waals surface area contributed by atoms with Gasteiger partial charge in [-0.05, 0) is 71.8 Å². The lowest BCUT2D eigenvalue weighted by molar-refractivity contribution is -0.227. The average Bonchev–Trinajstić information content (AvgIpc) is 3.24. The number of esters is 2. The standard InChI is InChI=1S/C31H43NO8/c1-30(2,3)27(34)38-22-18-37-26-24(25(22)39-28(35)31(4,5)6)32(29(36)40-26)23(33)17-21(19-13-9-7-10-14-19)20-15-11-8-12-16-20/h7,9-10,13-14,20-22,24-26H,8,11-12,15-18H2,1-6H3/t21?,22-,24+,25-,26+/m1/s1. The lowest BCUT2D eigenvalue weighted by Crippen LogP contribution is -2.61. The van der Waals surface area contributed by atoms with Crippen molar-refractivity contribution < 1.29 is 38.1 Å². The van der Waals surface area contributed by atoms with Crippen LogP contribution in [0.25, 0.3) is 0 Å². The Morgan fingerprint density at radius 2 is 1.52 bits per heavy atom. The van der Waals surface area contributed by atoms with E-state index in [1.54, 1.807) is 41.5 Å². The quantitative estimate of drug-likeness (QED) is 0.340. The van der Waals surface area contributed by atoms with E-state index in [1.165, 1.54) is 6.42 Å². The summed E-state index contributed by atoms with van der Waals surface area (Å²) in [5.74, 6) is -1.25. The average molecular weight is 558 g/mol. The van der Waals surface area contributed by atoms with E-state index in [1.807, 2.05) is 30.3 Å². The van der Waals surface area contributed by atoms with E-state index in [0.29, 0.717) is 5.92 Å². The van der Waals surface area contributed by atoms with Crippen LogP contribution in [0.3, 0.4) is 0 Å². The molecule has 0 N–H and O–H groups in total. The summed E-state index contributed by atoms with van der Waals surface area (Å²) in [5, 5.41) is 0. The van der Waals surface area contributed by atoms with E-state index >= 15 is 0 Å². The van der Waals surface area contributed by atoms with Crippen molar-refractivity contribution in [3.05, 3.63) is 35.9 Å². The second-order valence-corrected chi connectivity index (χ2v) is 13.3. The molecule has 40 heavy (non-hydrogen) atoms. The van der Waals surface area contributed by atoms with Gasteiger partial charge in [0.05, 0.1) is 17.4 Å². The SMILES string of the molecule is CC(C)(C)C(=O)O[C@H]1[C@H]2[C@@H](OC[C@H]1OC(=O)C(C)(C)C)OC(=O)N2C(=O)CC(c1ccccc1)C1CCCCC1. The highest BCUT2D eigenvalue weighted by Crippen LogP contribution is 2.40. The van der Waals surface area contributed by atoms with Crippen molar-refractivity contribution in [1.29, 1.82) is 0 Å². The molecular formula is C31H43NO8. The van der Waals surface area contributed by atoms with Gasteiger partial charge in [0.15, 0.2) is 12.2 Å². The number of rotatable bonds is 6. The molecule has 2 amide bonds. The third-order valence-corrected chi connectivity index (χ3v) is 7.95. The lowest BCUT2D eigenvalue weighted by Gasteiger charge is -2.40. The lowest BCUT2D eigenvalue weighted by atomic mass is 9.75. The number of carbonyl (C=O) groups excluding carboxylic acids is 4. The number of hydrogen-bond acceptors (Lipinski definition) is 8. The van der Waals surface area contributed by atoms with Crippen molar-refractivity contribution in [2.75, 3.05) is 6.61 Å². The molecule has 1 aliphatic carbocycles. The maximum Gasteiger partial charge on any atom is 0.419 e. The summed E-state index contributed by atoms with van der Waals surface area (Å²) in [7, 11) is 0. The zero-order chi connectivity index (χ0) is 29.2. The van der Waals surface area contributed by atoms with E-state index in [9.17, 15) is 19.2 Å². The van der Waals surface area contributed by atoms with Crippen molar-refractivity contribution in [3.8, 4) is 0 Å². The summed E-state index contributed by atoms with van der Waals surface area (Å²) in [5.41, 5.74) is -0.639. The van der Waals surface area contributed by atoms with Crippen LogP contribution in [-0.4, -0.2) is 60.0 Å². The molecule has 1 unspecified atom stereocenters. The van der Waals surface area contributed by atoms with Gasteiger partial charge in [-0.25, -0.2) is 9.69 Å². The Hall–Kier alpha value is -2.94. The summed E-state index contributed by atoms with van der Waals surface area (Å²) in [6.45, 7) is 10.1. The van der Waals surface area contributed by atoms with Crippen LogP contribution < -0.4 is 0 Å². The Labute approximate surface area is 236 Å². The molecule has 220 valence electrons. The Kier molecular flexibility index (Phi) is 8.93. The van der Waals surface area contributed by atoms with Crippen molar-refractivity contribution in [1.82, 2.24) is 4.90 Å². The van der Waals surface area contributed by atoms with Gasteiger partial charge in [-0.1, -0.05) is 49.6 Å². The van der Waals surface area contributed by atoms with Crippen molar-refractivity contribution >= 4 is 23.9 Å². The first-order valence-electron chi connectivity index (χ1n) is 14.4. The van der Waals surface area contributed by atoms with Crippen molar-refractivity contribution in [3.63, 3.8) is 0 Å². The maximum absolute atomic E-state index is 14.0. The number of hydrogen-bond donors (Lipinski definition) is 0. The molecule has 9 nitrogen and oxygen atoms in total. The van der Waals surface area contributed by atoms with E-state index < -0.39 is 59.3 Å². The summed E-state index contributed by atoms with van der Waals surface area (Å²) in [4.78, 5) is 54.0. The number of nitrogens with zero attached hydrogens (tertiary/aromatic N) is 1. The van der Waals surface area contributed by atoms with Gasteiger partial charge in [0.25, 0.3) is 0 Å². The fourth-order valence-electron chi connectivity index (χ4n) is 5.62. The predicted octanol–water partition coefficient (Wildman–Crippen LogP) is 5.36. The second kappa shape index (κ2) is 11.9. The number of amides is 2. The minimum absolute atomic E-state index is 0.0737. The molecular weight excluding hydrogens is 514 g/mol. The fraction of sp³-hybridized carbons (Fsp3) is 0.677. The second-order valence-electron chi connectivity index (χ2n) is 13.3. The maximum atomic E-state index is 14.0. The zero-order valence-corrected chi connectivity index (χ0v) is 24.5. The first-order valence-corrected chi connectivity index (χ1v) is 14.4. The molecule has 0 spiro atoms. The molecule has 1 saturated carbocycles. The van der Waals surface area contributed by atoms with Crippen LogP contribution in [0, 0.1) is 16.7 Å². The summed E-state index contributed by atoms with van der Waals surface area (Å²) in [6.07, 6.45) is 1.38. The van der Waals surface area contributed by atoms with E-state index in [-0.39, 0.29) is 18.9 Å². The van der Waals surface area contributed by atoms with Crippen LogP contribution in [0.2, 0.25) is 0 Å². The van der Waals surface area contributed by atoms with E-state index in [2.05, 4.69) is 0 Å². The summed E-state index contributed by atoms with van der Waals surface area (Å²) < 4.78 is 22.9. The molecule has 3 fully saturated rings. The van der Waals surface area contributed by atoms with Crippen LogP contribution in [-0.2, 0) is 33.3 Å².